The lowest BCUT2D eigenvalue weighted by atomic mass is 10.1. The van der Waals surface area contributed by atoms with E-state index in [-0.39, 0.29) is 12.1 Å². The van der Waals surface area contributed by atoms with Crippen LogP contribution < -0.4 is 16.0 Å². The number of ether oxygens (including phenoxy) is 1. The molecule has 2 aromatic heterocycles. The average molecular weight is 284 g/mol. The van der Waals surface area contributed by atoms with Crippen molar-refractivity contribution in [3.05, 3.63) is 52.4 Å². The fourth-order valence-electron chi connectivity index (χ4n) is 2.19. The maximum atomic E-state index is 12.0. The van der Waals surface area contributed by atoms with Crippen LogP contribution in [-0.2, 0) is 6.54 Å². The van der Waals surface area contributed by atoms with Gasteiger partial charge in [0.05, 0.1) is 18.0 Å². The second-order valence-electron chi connectivity index (χ2n) is 4.61. The minimum atomic E-state index is -0.169. The summed E-state index contributed by atoms with van der Waals surface area (Å²) in [5.41, 5.74) is 8.28. The molecule has 1 aromatic carbocycles. The van der Waals surface area contributed by atoms with Crippen LogP contribution in [0.2, 0.25) is 0 Å². The highest BCUT2D eigenvalue weighted by Crippen LogP contribution is 2.21. The Morgan fingerprint density at radius 1 is 1.29 bits per heavy atom. The molecule has 0 unspecified atom stereocenters. The van der Waals surface area contributed by atoms with Crippen molar-refractivity contribution >= 4 is 5.65 Å². The molecule has 6 nitrogen and oxygen atoms in total. The number of hydrogen-bond donors (Lipinski definition) is 2. The standard InChI is InChI=1S/C15H16N4O2/c1-2-21-12-5-3-10(4-6-12)13-8-14-17-11(9-16)7-15(20)19(14)18-13/h3-8,18H,2,9,16H2,1H3. The van der Waals surface area contributed by atoms with Crippen LogP contribution in [0, 0.1) is 0 Å². The molecule has 0 saturated heterocycles. The van der Waals surface area contributed by atoms with Crippen LogP contribution >= 0.6 is 0 Å². The number of nitrogens with zero attached hydrogens (tertiary/aromatic N) is 2. The van der Waals surface area contributed by atoms with Crippen molar-refractivity contribution in [2.75, 3.05) is 6.61 Å². The van der Waals surface area contributed by atoms with Crippen molar-refractivity contribution in [1.82, 2.24) is 14.6 Å². The summed E-state index contributed by atoms with van der Waals surface area (Å²) in [6.07, 6.45) is 0. The van der Waals surface area contributed by atoms with Crippen molar-refractivity contribution in [2.45, 2.75) is 13.5 Å². The van der Waals surface area contributed by atoms with E-state index < -0.39 is 0 Å². The van der Waals surface area contributed by atoms with Crippen LogP contribution in [0.5, 0.6) is 5.75 Å². The summed E-state index contributed by atoms with van der Waals surface area (Å²) in [6.45, 7) is 2.82. The number of H-pyrrole nitrogens is 1. The van der Waals surface area contributed by atoms with Crippen LogP contribution in [0.4, 0.5) is 0 Å². The fourth-order valence-corrected chi connectivity index (χ4v) is 2.19. The Kier molecular flexibility index (Phi) is 3.45. The molecule has 0 atom stereocenters. The second-order valence-corrected chi connectivity index (χ2v) is 4.61. The first-order valence-corrected chi connectivity index (χ1v) is 6.76. The molecule has 0 aliphatic carbocycles. The van der Waals surface area contributed by atoms with Gasteiger partial charge in [0.25, 0.3) is 5.56 Å². The molecule has 2 heterocycles. The smallest absolute Gasteiger partial charge is 0.272 e. The van der Waals surface area contributed by atoms with E-state index in [1.54, 1.807) is 0 Å². The summed E-state index contributed by atoms with van der Waals surface area (Å²) in [4.78, 5) is 16.3. The molecule has 3 N–H and O–H groups in total. The Balaban J connectivity index is 2.04. The van der Waals surface area contributed by atoms with Gasteiger partial charge in [0.15, 0.2) is 5.65 Å². The molecule has 0 aliphatic rings. The maximum Gasteiger partial charge on any atom is 0.272 e. The summed E-state index contributed by atoms with van der Waals surface area (Å²) >= 11 is 0. The number of hydrogen-bond acceptors (Lipinski definition) is 4. The minimum Gasteiger partial charge on any atom is -0.494 e. The summed E-state index contributed by atoms with van der Waals surface area (Å²) in [5, 5.41) is 3.04. The zero-order valence-corrected chi connectivity index (χ0v) is 11.7. The Labute approximate surface area is 121 Å². The van der Waals surface area contributed by atoms with Gasteiger partial charge >= 0.3 is 0 Å². The molecule has 0 spiro atoms. The molecule has 6 heteroatoms. The lowest BCUT2D eigenvalue weighted by Crippen LogP contribution is -2.16. The summed E-state index contributed by atoms with van der Waals surface area (Å²) < 4.78 is 6.82. The van der Waals surface area contributed by atoms with E-state index in [0.29, 0.717) is 17.9 Å². The second kappa shape index (κ2) is 5.41. The monoisotopic (exact) mass is 284 g/mol. The van der Waals surface area contributed by atoms with Crippen molar-refractivity contribution in [3.63, 3.8) is 0 Å². The van der Waals surface area contributed by atoms with E-state index in [0.717, 1.165) is 17.0 Å². The van der Waals surface area contributed by atoms with Gasteiger partial charge in [0.2, 0.25) is 0 Å². The van der Waals surface area contributed by atoms with Gasteiger partial charge in [-0.25, -0.2) is 9.50 Å². The predicted octanol–water partition coefficient (Wildman–Crippen LogP) is 1.55. The number of benzene rings is 1. The molecule has 0 fully saturated rings. The molecule has 0 bridgehead atoms. The predicted molar refractivity (Wildman–Crippen MR) is 80.3 cm³/mol. The molecular formula is C15H16N4O2. The van der Waals surface area contributed by atoms with E-state index in [9.17, 15) is 4.79 Å². The number of rotatable bonds is 4. The van der Waals surface area contributed by atoms with Gasteiger partial charge in [0.1, 0.15) is 5.75 Å². The van der Waals surface area contributed by atoms with Crippen LogP contribution in [0.15, 0.2) is 41.2 Å². The third-order valence-corrected chi connectivity index (χ3v) is 3.19. The Morgan fingerprint density at radius 2 is 2.05 bits per heavy atom. The van der Waals surface area contributed by atoms with E-state index in [1.807, 2.05) is 37.3 Å². The zero-order valence-electron chi connectivity index (χ0n) is 11.7. The first-order chi connectivity index (χ1) is 10.2. The van der Waals surface area contributed by atoms with E-state index in [4.69, 9.17) is 10.5 Å². The number of aromatic nitrogens is 3. The first kappa shape index (κ1) is 13.4. The number of nitrogens with two attached hydrogens (primary N) is 1. The molecule has 108 valence electrons. The van der Waals surface area contributed by atoms with Crippen molar-refractivity contribution in [2.24, 2.45) is 5.73 Å². The average Bonchev–Trinajstić information content (AvgIpc) is 2.93. The summed E-state index contributed by atoms with van der Waals surface area (Å²) in [6, 6.07) is 10.9. The maximum absolute atomic E-state index is 12.0. The number of nitrogens with one attached hydrogen (secondary N) is 1. The van der Waals surface area contributed by atoms with Crippen molar-refractivity contribution < 1.29 is 4.74 Å². The van der Waals surface area contributed by atoms with Gasteiger partial charge in [0, 0.05) is 18.7 Å². The largest absolute Gasteiger partial charge is 0.494 e. The molecular weight excluding hydrogens is 268 g/mol. The van der Waals surface area contributed by atoms with E-state index in [1.165, 1.54) is 10.6 Å². The van der Waals surface area contributed by atoms with Crippen LogP contribution in [-0.4, -0.2) is 21.2 Å². The minimum absolute atomic E-state index is 0.169. The van der Waals surface area contributed by atoms with Gasteiger partial charge < -0.3 is 10.5 Å². The third kappa shape index (κ3) is 2.53. The Hall–Kier alpha value is -2.60. The quantitative estimate of drug-likeness (QED) is 0.761. The lowest BCUT2D eigenvalue weighted by Gasteiger charge is -2.03. The van der Waals surface area contributed by atoms with Crippen LogP contribution in [0.25, 0.3) is 16.9 Å². The first-order valence-electron chi connectivity index (χ1n) is 6.76. The Bertz CT molecular complexity index is 818. The molecule has 0 aliphatic heterocycles. The Morgan fingerprint density at radius 3 is 2.71 bits per heavy atom. The van der Waals surface area contributed by atoms with E-state index >= 15 is 0 Å². The molecule has 0 saturated carbocycles. The molecule has 0 radical (unpaired) electrons. The van der Waals surface area contributed by atoms with E-state index in [2.05, 4.69) is 10.1 Å². The van der Waals surface area contributed by atoms with Crippen molar-refractivity contribution in [3.8, 4) is 17.0 Å². The lowest BCUT2D eigenvalue weighted by molar-refractivity contribution is 0.340. The van der Waals surface area contributed by atoms with Gasteiger partial charge in [-0.15, -0.1) is 0 Å². The third-order valence-electron chi connectivity index (χ3n) is 3.19. The summed E-state index contributed by atoms with van der Waals surface area (Å²) in [5.74, 6) is 0.818. The topological polar surface area (TPSA) is 85.4 Å². The molecule has 0 amide bonds. The van der Waals surface area contributed by atoms with Gasteiger partial charge in [-0.3, -0.25) is 9.89 Å². The molecule has 21 heavy (non-hydrogen) atoms. The van der Waals surface area contributed by atoms with Crippen LogP contribution in [0.1, 0.15) is 12.6 Å². The highest BCUT2D eigenvalue weighted by molar-refractivity contribution is 5.64. The fraction of sp³-hybridized carbons (Fsp3) is 0.200. The highest BCUT2D eigenvalue weighted by Gasteiger charge is 2.07. The van der Waals surface area contributed by atoms with Crippen molar-refractivity contribution in [1.29, 1.82) is 0 Å². The summed E-state index contributed by atoms with van der Waals surface area (Å²) in [7, 11) is 0. The normalized spacial score (nSPS) is 11.0. The molecule has 3 aromatic rings. The zero-order chi connectivity index (χ0) is 14.8. The van der Waals surface area contributed by atoms with Crippen LogP contribution in [0.3, 0.4) is 0 Å². The van der Waals surface area contributed by atoms with Gasteiger partial charge in [-0.1, -0.05) is 0 Å². The SMILES string of the molecule is CCOc1ccc(-c2cc3nc(CN)cc(=O)n3[nH]2)cc1. The van der Waals surface area contributed by atoms with Gasteiger partial charge in [-0.2, -0.15) is 0 Å². The molecule has 3 rings (SSSR count). The highest BCUT2D eigenvalue weighted by atomic mass is 16.5. The van der Waals surface area contributed by atoms with Gasteiger partial charge in [-0.05, 0) is 36.8 Å². The number of fused-ring (bicyclic) bond motifs is 1. The number of aromatic amines is 1.